The molecule has 0 spiro atoms. The molecule has 0 amide bonds. The number of benzene rings is 2. The van der Waals surface area contributed by atoms with Gasteiger partial charge in [-0.1, -0.05) is 26.8 Å². The molecule has 2 nitrogen and oxygen atoms in total. The summed E-state index contributed by atoms with van der Waals surface area (Å²) >= 11 is 0. The highest BCUT2D eigenvalue weighted by molar-refractivity contribution is 5.94. The van der Waals surface area contributed by atoms with Crippen LogP contribution in [0.4, 0.5) is 13.2 Å². The van der Waals surface area contributed by atoms with Crippen molar-refractivity contribution >= 4 is 10.9 Å². The van der Waals surface area contributed by atoms with E-state index in [2.05, 4.69) is 18.8 Å². The molecule has 2 aromatic carbocycles. The van der Waals surface area contributed by atoms with Crippen molar-refractivity contribution in [3.63, 3.8) is 0 Å². The van der Waals surface area contributed by atoms with Crippen molar-refractivity contribution in [2.75, 3.05) is 6.61 Å². The van der Waals surface area contributed by atoms with Gasteiger partial charge in [0, 0.05) is 11.6 Å². The second kappa shape index (κ2) is 8.63. The summed E-state index contributed by atoms with van der Waals surface area (Å²) in [5, 5.41) is 0.585. The van der Waals surface area contributed by atoms with Crippen molar-refractivity contribution in [2.45, 2.75) is 33.6 Å². The molecule has 3 aromatic rings. The average Bonchev–Trinajstić information content (AvgIpc) is 2.65. The molecule has 0 unspecified atom stereocenters. The molecule has 28 heavy (non-hydrogen) atoms. The summed E-state index contributed by atoms with van der Waals surface area (Å²) in [6, 6.07) is 10.7. The molecule has 0 fully saturated rings. The molecular weight excluding hydrogens is 363 g/mol. The molecule has 3 rings (SSSR count). The number of alkyl halides is 2. The summed E-state index contributed by atoms with van der Waals surface area (Å²) in [6.07, 6.45) is -0.105. The summed E-state index contributed by atoms with van der Waals surface area (Å²) in [6.45, 7) is 6.68. The minimum Gasteiger partial charge on any atom is -0.493 e. The Balaban J connectivity index is 1.94. The molecule has 1 aromatic heterocycles. The Bertz CT molecular complexity index is 956. The summed E-state index contributed by atoms with van der Waals surface area (Å²) < 4.78 is 46.8. The van der Waals surface area contributed by atoms with E-state index in [1.54, 1.807) is 30.5 Å². The molecular formula is C23H24F3NO. The van der Waals surface area contributed by atoms with Crippen LogP contribution in [-0.4, -0.2) is 11.6 Å². The Morgan fingerprint density at radius 3 is 2.50 bits per heavy atom. The minimum absolute atomic E-state index is 0.157. The maximum absolute atomic E-state index is 13.7. The van der Waals surface area contributed by atoms with E-state index in [0.29, 0.717) is 34.6 Å². The molecule has 0 N–H and O–H groups in total. The first-order valence-corrected chi connectivity index (χ1v) is 9.44. The van der Waals surface area contributed by atoms with E-state index in [-0.39, 0.29) is 17.2 Å². The number of rotatable bonds is 7. The standard InChI is InChI=1S/C23H24F3NO/c1-14(2)10-15(3)13-28-22-7-4-16(11-20(22)23(25)26)18-8-9-27-21-6-5-17(24)12-19(18)21/h4-9,11-12,14-15,23H,10,13H2,1-3H3/t15-/m1/s1. The summed E-state index contributed by atoms with van der Waals surface area (Å²) in [5.74, 6) is 0.599. The summed E-state index contributed by atoms with van der Waals surface area (Å²) in [4.78, 5) is 4.22. The van der Waals surface area contributed by atoms with Crippen molar-refractivity contribution in [1.82, 2.24) is 4.98 Å². The number of ether oxygens (including phenoxy) is 1. The second-order valence-electron chi connectivity index (χ2n) is 7.62. The van der Waals surface area contributed by atoms with Crippen LogP contribution in [0.5, 0.6) is 5.75 Å². The first kappa shape index (κ1) is 20.2. The number of pyridine rings is 1. The Kier molecular flexibility index (Phi) is 6.22. The monoisotopic (exact) mass is 387 g/mol. The number of hydrogen-bond donors (Lipinski definition) is 0. The highest BCUT2D eigenvalue weighted by Gasteiger charge is 2.18. The fourth-order valence-electron chi connectivity index (χ4n) is 3.49. The van der Waals surface area contributed by atoms with Crippen molar-refractivity contribution in [3.05, 3.63) is 60.0 Å². The number of hydrogen-bond acceptors (Lipinski definition) is 2. The third-order valence-corrected chi connectivity index (χ3v) is 4.66. The van der Waals surface area contributed by atoms with Crippen LogP contribution < -0.4 is 4.74 Å². The zero-order chi connectivity index (χ0) is 20.3. The Hall–Kier alpha value is -2.56. The number of halogens is 3. The van der Waals surface area contributed by atoms with Crippen LogP contribution in [0.3, 0.4) is 0 Å². The lowest BCUT2D eigenvalue weighted by molar-refractivity contribution is 0.142. The summed E-state index contributed by atoms with van der Waals surface area (Å²) in [5.41, 5.74) is 1.69. The van der Waals surface area contributed by atoms with Gasteiger partial charge >= 0.3 is 0 Å². The van der Waals surface area contributed by atoms with E-state index in [1.165, 1.54) is 18.2 Å². The lowest BCUT2D eigenvalue weighted by Gasteiger charge is -2.18. The van der Waals surface area contributed by atoms with Gasteiger partial charge in [-0.3, -0.25) is 4.98 Å². The molecule has 0 aliphatic carbocycles. The predicted octanol–water partition coefficient (Wildman–Crippen LogP) is 7.04. The fourth-order valence-corrected chi connectivity index (χ4v) is 3.49. The molecule has 1 atom stereocenters. The van der Waals surface area contributed by atoms with Crippen LogP contribution in [0, 0.1) is 17.7 Å². The molecule has 0 aliphatic rings. The van der Waals surface area contributed by atoms with Gasteiger partial charge in [0.05, 0.1) is 17.7 Å². The predicted molar refractivity (Wildman–Crippen MR) is 106 cm³/mol. The topological polar surface area (TPSA) is 22.1 Å². The van der Waals surface area contributed by atoms with E-state index in [9.17, 15) is 13.2 Å². The molecule has 148 valence electrons. The zero-order valence-corrected chi connectivity index (χ0v) is 16.3. The third-order valence-electron chi connectivity index (χ3n) is 4.66. The van der Waals surface area contributed by atoms with Gasteiger partial charge in [0.15, 0.2) is 0 Å². The largest absolute Gasteiger partial charge is 0.493 e. The van der Waals surface area contributed by atoms with Crippen LogP contribution in [0.2, 0.25) is 0 Å². The minimum atomic E-state index is -2.67. The van der Waals surface area contributed by atoms with E-state index in [1.807, 2.05) is 6.92 Å². The molecule has 0 radical (unpaired) electrons. The lowest BCUT2D eigenvalue weighted by Crippen LogP contribution is -2.12. The van der Waals surface area contributed by atoms with Crippen LogP contribution in [0.25, 0.3) is 22.0 Å². The Morgan fingerprint density at radius 1 is 1.00 bits per heavy atom. The SMILES string of the molecule is CC(C)C[C@@H](C)COc1ccc(-c2ccnc3ccc(F)cc23)cc1C(F)F. The van der Waals surface area contributed by atoms with Gasteiger partial charge in [-0.25, -0.2) is 13.2 Å². The van der Waals surface area contributed by atoms with E-state index < -0.39 is 12.2 Å². The van der Waals surface area contributed by atoms with Crippen LogP contribution in [0.15, 0.2) is 48.7 Å². The Morgan fingerprint density at radius 2 is 1.79 bits per heavy atom. The lowest BCUT2D eigenvalue weighted by atomic mass is 9.98. The van der Waals surface area contributed by atoms with Gasteiger partial charge in [-0.2, -0.15) is 0 Å². The van der Waals surface area contributed by atoms with Gasteiger partial charge in [0.25, 0.3) is 6.43 Å². The van der Waals surface area contributed by atoms with Gasteiger partial charge in [-0.15, -0.1) is 0 Å². The van der Waals surface area contributed by atoms with Gasteiger partial charge in [0.1, 0.15) is 11.6 Å². The smallest absolute Gasteiger partial charge is 0.267 e. The highest BCUT2D eigenvalue weighted by Crippen LogP contribution is 2.36. The van der Waals surface area contributed by atoms with Crippen LogP contribution in [0.1, 0.15) is 39.2 Å². The molecule has 0 saturated heterocycles. The molecule has 5 heteroatoms. The number of nitrogens with zero attached hydrogens (tertiary/aromatic N) is 1. The maximum atomic E-state index is 13.7. The first-order chi connectivity index (χ1) is 13.3. The van der Waals surface area contributed by atoms with E-state index in [0.717, 1.165) is 6.42 Å². The van der Waals surface area contributed by atoms with Gasteiger partial charge in [0.2, 0.25) is 0 Å². The quantitative estimate of drug-likeness (QED) is 0.434. The summed E-state index contributed by atoms with van der Waals surface area (Å²) in [7, 11) is 0. The van der Waals surface area contributed by atoms with E-state index in [4.69, 9.17) is 4.74 Å². The Labute approximate surface area is 163 Å². The third kappa shape index (κ3) is 4.64. The first-order valence-electron chi connectivity index (χ1n) is 9.44. The average molecular weight is 387 g/mol. The van der Waals surface area contributed by atoms with E-state index >= 15 is 0 Å². The van der Waals surface area contributed by atoms with Gasteiger partial charge < -0.3 is 4.74 Å². The van der Waals surface area contributed by atoms with Gasteiger partial charge in [-0.05, 0) is 65.8 Å². The highest BCUT2D eigenvalue weighted by atomic mass is 19.3. The van der Waals surface area contributed by atoms with Crippen molar-refractivity contribution in [1.29, 1.82) is 0 Å². The zero-order valence-electron chi connectivity index (χ0n) is 16.3. The maximum Gasteiger partial charge on any atom is 0.267 e. The van der Waals surface area contributed by atoms with Crippen LogP contribution >= 0.6 is 0 Å². The normalized spacial score (nSPS) is 12.7. The molecule has 0 saturated carbocycles. The van der Waals surface area contributed by atoms with Crippen molar-refractivity contribution in [2.24, 2.45) is 11.8 Å². The fraction of sp³-hybridized carbons (Fsp3) is 0.348. The van der Waals surface area contributed by atoms with Crippen molar-refractivity contribution < 1.29 is 17.9 Å². The van der Waals surface area contributed by atoms with Crippen molar-refractivity contribution in [3.8, 4) is 16.9 Å². The molecule has 0 bridgehead atoms. The second-order valence-corrected chi connectivity index (χ2v) is 7.62. The number of aromatic nitrogens is 1. The van der Waals surface area contributed by atoms with Crippen LogP contribution in [-0.2, 0) is 0 Å². The number of fused-ring (bicyclic) bond motifs is 1. The molecule has 0 aliphatic heterocycles. The molecule has 1 heterocycles.